The first-order valence-electron chi connectivity index (χ1n) is 6.97. The summed E-state index contributed by atoms with van der Waals surface area (Å²) >= 11 is 8.52. The fourth-order valence-corrected chi connectivity index (χ4v) is 5.44. The molecule has 0 heterocycles. The lowest BCUT2D eigenvalue weighted by Crippen LogP contribution is -2.12. The van der Waals surface area contributed by atoms with Gasteiger partial charge in [-0.2, -0.15) is 0 Å². The van der Waals surface area contributed by atoms with Crippen LogP contribution in [0.15, 0.2) is 38.5 Å². The van der Waals surface area contributed by atoms with Gasteiger partial charge >= 0.3 is 16.2 Å². The number of carboxylic acids is 1. The zero-order chi connectivity index (χ0) is 22.6. The van der Waals surface area contributed by atoms with Crippen molar-refractivity contribution in [1.29, 1.82) is 0 Å². The number of halogens is 7. The number of hydrogen-bond acceptors (Lipinski definition) is 5. The lowest BCUT2D eigenvalue weighted by atomic mass is 10.1. The van der Waals surface area contributed by atoms with Gasteiger partial charge in [0.25, 0.3) is 0 Å². The summed E-state index contributed by atoms with van der Waals surface area (Å²) in [7, 11) is -15.2. The number of carbonyl (C=O) groups is 1. The van der Waals surface area contributed by atoms with E-state index in [4.69, 9.17) is 16.7 Å². The summed E-state index contributed by atoms with van der Waals surface area (Å²) in [6.45, 7) is 0. The van der Waals surface area contributed by atoms with E-state index in [-0.39, 0.29) is 10.5 Å². The van der Waals surface area contributed by atoms with Crippen molar-refractivity contribution in [2.24, 2.45) is 0 Å². The van der Waals surface area contributed by atoms with Gasteiger partial charge < -0.3 is 15.3 Å². The molecule has 162 valence electrons. The molecule has 2 aromatic carbocycles. The van der Waals surface area contributed by atoms with E-state index in [2.05, 4.69) is 15.9 Å². The van der Waals surface area contributed by atoms with E-state index < -0.39 is 75.3 Å². The van der Waals surface area contributed by atoms with Crippen molar-refractivity contribution in [1.82, 2.24) is 0 Å². The molecule has 15 heteroatoms. The highest BCUT2D eigenvalue weighted by atomic mass is 79.9. The fourth-order valence-electron chi connectivity index (χ4n) is 2.22. The fraction of sp³-hybridized carbons (Fsp3) is 0.0714. The quantitative estimate of drug-likeness (QED) is 0.405. The van der Waals surface area contributed by atoms with Crippen molar-refractivity contribution in [2.45, 2.75) is 15.5 Å². The van der Waals surface area contributed by atoms with Gasteiger partial charge in [0, 0.05) is 10.0 Å². The van der Waals surface area contributed by atoms with Gasteiger partial charge in [-0.05, 0) is 24.3 Å². The zero-order valence-electron chi connectivity index (χ0n) is 13.5. The molecular weight excluding hydrogens is 539 g/mol. The minimum atomic E-state index is -10.4. The van der Waals surface area contributed by atoms with Crippen LogP contribution in [0.3, 0.4) is 0 Å². The highest BCUT2D eigenvalue weighted by Crippen LogP contribution is 3.02. The molecule has 0 aromatic heterocycles. The SMILES string of the molecule is O=C(O)c1cc(S(F)(F)(F)(F)F)cc(CS(=O)(=O)c2cc(Br)cc(Cl)c2O)c1O. The largest absolute Gasteiger partial charge is 0.507 e. The molecule has 0 aliphatic rings. The number of phenols is 2. The normalized spacial score (nSPS) is 14.9. The van der Waals surface area contributed by atoms with Crippen molar-refractivity contribution in [2.75, 3.05) is 0 Å². The molecule has 0 amide bonds. The first-order chi connectivity index (χ1) is 12.7. The number of aromatic hydroxyl groups is 2. The van der Waals surface area contributed by atoms with Crippen LogP contribution in [-0.2, 0) is 15.6 Å². The standard InChI is InChI=1S/C14H9BrClF5O6S2/c15-7-2-10(16)13(23)11(3-7)28(26,27)5-6-1-8(29(17,18,19,20)21)4-9(12(6)22)14(24)25/h1-4,22-23H,5H2,(H,24,25). The number of hydrogen-bond donors (Lipinski definition) is 3. The number of carboxylic acid groups (broad SMARTS) is 1. The Morgan fingerprint density at radius 1 is 1.03 bits per heavy atom. The van der Waals surface area contributed by atoms with Gasteiger partial charge in [-0.3, -0.25) is 0 Å². The third-order valence-electron chi connectivity index (χ3n) is 3.51. The van der Waals surface area contributed by atoms with E-state index in [0.717, 1.165) is 12.1 Å². The Morgan fingerprint density at radius 3 is 2.07 bits per heavy atom. The number of rotatable bonds is 5. The summed E-state index contributed by atoms with van der Waals surface area (Å²) < 4.78 is 90.8. The highest BCUT2D eigenvalue weighted by Gasteiger charge is 2.65. The molecule has 0 radical (unpaired) electrons. The first-order valence-corrected chi connectivity index (χ1v) is 11.7. The van der Waals surface area contributed by atoms with Crippen LogP contribution in [0.4, 0.5) is 19.4 Å². The van der Waals surface area contributed by atoms with Crippen LogP contribution in [0, 0.1) is 0 Å². The van der Waals surface area contributed by atoms with Crippen LogP contribution in [0.2, 0.25) is 5.02 Å². The molecule has 2 rings (SSSR count). The summed E-state index contributed by atoms with van der Waals surface area (Å²) in [4.78, 5) is 7.49. The Hall–Kier alpha value is -1.77. The highest BCUT2D eigenvalue weighted by molar-refractivity contribution is 9.10. The van der Waals surface area contributed by atoms with Crippen LogP contribution in [0.1, 0.15) is 15.9 Å². The molecule has 0 bridgehead atoms. The van der Waals surface area contributed by atoms with Crippen molar-refractivity contribution < 1.29 is 48.0 Å². The lowest BCUT2D eigenvalue weighted by molar-refractivity contribution is 0.0693. The van der Waals surface area contributed by atoms with Gasteiger partial charge in [-0.1, -0.05) is 47.0 Å². The van der Waals surface area contributed by atoms with Crippen LogP contribution >= 0.6 is 37.8 Å². The van der Waals surface area contributed by atoms with Gasteiger partial charge in [0.15, 0.2) is 15.6 Å². The molecule has 2 aromatic rings. The molecule has 0 unspecified atom stereocenters. The van der Waals surface area contributed by atoms with Gasteiger partial charge in [-0.25, -0.2) is 13.2 Å². The Balaban J connectivity index is 2.76. The van der Waals surface area contributed by atoms with Crippen molar-refractivity contribution in [3.8, 4) is 11.5 Å². The minimum Gasteiger partial charge on any atom is -0.507 e. The Morgan fingerprint density at radius 2 is 1.59 bits per heavy atom. The van der Waals surface area contributed by atoms with Crippen molar-refractivity contribution in [3.63, 3.8) is 0 Å². The Bertz CT molecular complexity index is 1150. The molecule has 6 nitrogen and oxygen atoms in total. The zero-order valence-corrected chi connectivity index (χ0v) is 17.5. The molecule has 3 N–H and O–H groups in total. The Kier molecular flexibility index (Phi) is 5.16. The number of sulfone groups is 1. The van der Waals surface area contributed by atoms with E-state index in [1.54, 1.807) is 0 Å². The van der Waals surface area contributed by atoms with Gasteiger partial charge in [0.1, 0.15) is 21.1 Å². The molecule has 29 heavy (non-hydrogen) atoms. The monoisotopic (exact) mass is 546 g/mol. The van der Waals surface area contributed by atoms with Crippen molar-refractivity contribution in [3.05, 3.63) is 44.9 Å². The van der Waals surface area contributed by atoms with Gasteiger partial charge in [-0.15, -0.1) is 0 Å². The van der Waals surface area contributed by atoms with Gasteiger partial charge in [0.05, 0.1) is 10.8 Å². The minimum absolute atomic E-state index is 0.0510. The van der Waals surface area contributed by atoms with E-state index >= 15 is 0 Å². The summed E-state index contributed by atoms with van der Waals surface area (Å²) in [5.41, 5.74) is -2.83. The molecule has 0 atom stereocenters. The molecular formula is C14H9BrClF5O6S2. The number of benzene rings is 2. The van der Waals surface area contributed by atoms with E-state index in [9.17, 15) is 42.9 Å². The maximum Gasteiger partial charge on any atom is 0.339 e. The van der Waals surface area contributed by atoms with Crippen LogP contribution in [-0.4, -0.2) is 29.7 Å². The second-order valence-corrected chi connectivity index (χ2v) is 11.4. The van der Waals surface area contributed by atoms with Crippen LogP contribution < -0.4 is 0 Å². The second kappa shape index (κ2) is 6.36. The van der Waals surface area contributed by atoms with Crippen LogP contribution in [0.5, 0.6) is 11.5 Å². The Labute approximate surface area is 173 Å². The third-order valence-corrected chi connectivity index (χ3v) is 7.06. The summed E-state index contributed by atoms with van der Waals surface area (Å²) in [5.74, 6) is -6.16. The lowest BCUT2D eigenvalue weighted by Gasteiger charge is -2.40. The molecule has 0 spiro atoms. The van der Waals surface area contributed by atoms with E-state index in [1.807, 2.05) is 0 Å². The average molecular weight is 548 g/mol. The summed E-state index contributed by atoms with van der Waals surface area (Å²) in [6, 6.07) is 1.10. The summed E-state index contributed by atoms with van der Waals surface area (Å²) in [5, 5.41) is 28.2. The van der Waals surface area contributed by atoms with Crippen LogP contribution in [0.25, 0.3) is 0 Å². The molecule has 0 saturated carbocycles. The first kappa shape index (κ1) is 23.5. The van der Waals surface area contributed by atoms with E-state index in [0.29, 0.717) is 0 Å². The summed E-state index contributed by atoms with van der Waals surface area (Å²) in [6.07, 6.45) is 0. The maximum atomic E-state index is 13.1. The maximum absolute atomic E-state index is 13.1. The average Bonchev–Trinajstić information content (AvgIpc) is 2.49. The predicted octanol–water partition coefficient (Wildman–Crippen LogP) is 5.84. The smallest absolute Gasteiger partial charge is 0.339 e. The van der Waals surface area contributed by atoms with E-state index in [1.165, 1.54) is 0 Å². The molecule has 0 aliphatic heterocycles. The number of phenolic OH excluding ortho intramolecular Hbond substituents is 1. The molecule has 0 aliphatic carbocycles. The molecule has 0 saturated heterocycles. The molecule has 0 fully saturated rings. The van der Waals surface area contributed by atoms with Crippen molar-refractivity contribution >= 4 is 53.6 Å². The third kappa shape index (κ3) is 5.05. The predicted molar refractivity (Wildman–Crippen MR) is 98.2 cm³/mol. The number of aromatic carboxylic acids is 1. The topological polar surface area (TPSA) is 112 Å². The second-order valence-electron chi connectivity index (χ2n) is 5.75. The van der Waals surface area contributed by atoms with Gasteiger partial charge in [0.2, 0.25) is 0 Å².